The summed E-state index contributed by atoms with van der Waals surface area (Å²) in [5.41, 5.74) is 1.75. The van der Waals surface area contributed by atoms with Gasteiger partial charge in [0.15, 0.2) is 29.9 Å². The minimum Gasteiger partial charge on any atom is -0.358 e. The topological polar surface area (TPSA) is 131 Å². The Labute approximate surface area is 335 Å². The molecular formula is C44H57NO12. The van der Waals surface area contributed by atoms with Gasteiger partial charge < -0.3 is 57.4 Å². The second kappa shape index (κ2) is 16.7. The monoisotopic (exact) mass is 791 g/mol. The fraction of sp³-hybridized carbons (Fsp3) is 0.568. The molecule has 4 saturated heterocycles. The summed E-state index contributed by atoms with van der Waals surface area (Å²) >= 11 is 0. The number of hydrogen-bond donors (Lipinski definition) is 1. The molecule has 310 valence electrons. The maximum atomic E-state index is 12.9. The number of benzene rings is 3. The zero-order valence-corrected chi connectivity index (χ0v) is 34.2. The van der Waals surface area contributed by atoms with E-state index in [9.17, 15) is 4.79 Å². The Bertz CT molecular complexity index is 1670. The van der Waals surface area contributed by atoms with Crippen molar-refractivity contribution in [2.24, 2.45) is 0 Å². The molecule has 57 heavy (non-hydrogen) atoms. The van der Waals surface area contributed by atoms with E-state index in [1.807, 2.05) is 96.1 Å². The van der Waals surface area contributed by atoms with E-state index in [1.165, 1.54) is 21.1 Å². The number of amides is 1. The zero-order chi connectivity index (χ0) is 40.6. The van der Waals surface area contributed by atoms with Crippen LogP contribution in [0, 0.1) is 0 Å². The predicted molar refractivity (Wildman–Crippen MR) is 207 cm³/mol. The summed E-state index contributed by atoms with van der Waals surface area (Å²) in [6.07, 6.45) is -7.09. The van der Waals surface area contributed by atoms with Gasteiger partial charge in [-0.15, -0.1) is 0 Å². The molecule has 4 fully saturated rings. The average Bonchev–Trinajstić information content (AvgIpc) is 3.83. The van der Waals surface area contributed by atoms with Gasteiger partial charge in [0.25, 0.3) is 0 Å². The third-order valence-electron chi connectivity index (χ3n) is 10.8. The molecule has 0 radical (unpaired) electrons. The molecule has 7 rings (SSSR count). The minimum absolute atomic E-state index is 0.0425. The summed E-state index contributed by atoms with van der Waals surface area (Å²) in [4.78, 5) is 12.9. The normalized spacial score (nSPS) is 30.9. The SMILES string of the molecule is COC(OC)[C@@H]1OC(C)(C)O[C@H]1[C@H](O[C@@H]1O[C@H](COC(c2ccccc2)(c2ccccc2)c2ccccc2)[C@@H]2OC(C)(C)O[C@@H]2[C@H]1NC(C)=O)[C@H]1COC(C)(C)O1. The van der Waals surface area contributed by atoms with Crippen molar-refractivity contribution in [3.8, 4) is 0 Å². The van der Waals surface area contributed by atoms with Crippen molar-refractivity contribution in [2.75, 3.05) is 27.4 Å². The largest absolute Gasteiger partial charge is 0.358 e. The Kier molecular flexibility index (Phi) is 12.3. The molecule has 0 aliphatic carbocycles. The Hall–Kier alpha value is -3.31. The van der Waals surface area contributed by atoms with Crippen molar-refractivity contribution in [1.82, 2.24) is 5.32 Å². The van der Waals surface area contributed by atoms with Gasteiger partial charge >= 0.3 is 0 Å². The molecule has 0 bridgehead atoms. The van der Waals surface area contributed by atoms with Crippen molar-refractivity contribution in [2.45, 2.75) is 133 Å². The van der Waals surface area contributed by atoms with E-state index in [1.54, 1.807) is 0 Å². The van der Waals surface area contributed by atoms with Crippen molar-refractivity contribution < 1.29 is 56.9 Å². The van der Waals surface area contributed by atoms with Gasteiger partial charge in [-0.25, -0.2) is 0 Å². The Morgan fingerprint density at radius 1 is 0.719 bits per heavy atom. The summed E-state index contributed by atoms with van der Waals surface area (Å²) < 4.78 is 71.4. The first-order chi connectivity index (χ1) is 27.1. The molecule has 1 amide bonds. The van der Waals surface area contributed by atoms with Gasteiger partial charge in [-0.2, -0.15) is 0 Å². The van der Waals surface area contributed by atoms with Crippen LogP contribution < -0.4 is 5.32 Å². The molecular weight excluding hydrogens is 734 g/mol. The molecule has 0 saturated carbocycles. The van der Waals surface area contributed by atoms with Crippen LogP contribution in [0.2, 0.25) is 0 Å². The van der Waals surface area contributed by atoms with E-state index in [0.717, 1.165) is 16.7 Å². The maximum absolute atomic E-state index is 12.9. The summed E-state index contributed by atoms with van der Waals surface area (Å²) in [5, 5.41) is 3.06. The fourth-order valence-electron chi connectivity index (χ4n) is 8.54. The lowest BCUT2D eigenvalue weighted by molar-refractivity contribution is -0.296. The molecule has 9 atom stereocenters. The van der Waals surface area contributed by atoms with E-state index in [2.05, 4.69) is 41.7 Å². The lowest BCUT2D eigenvalue weighted by atomic mass is 9.80. The molecule has 0 unspecified atom stereocenters. The van der Waals surface area contributed by atoms with Crippen LogP contribution in [-0.2, 0) is 62.5 Å². The minimum atomic E-state index is -1.12. The van der Waals surface area contributed by atoms with E-state index in [-0.39, 0.29) is 19.1 Å². The molecule has 4 aliphatic rings. The first-order valence-corrected chi connectivity index (χ1v) is 19.6. The Balaban J connectivity index is 1.29. The third-order valence-corrected chi connectivity index (χ3v) is 10.8. The number of carbonyl (C=O) groups excluding carboxylic acids is 1. The van der Waals surface area contributed by atoms with Crippen LogP contribution in [-0.4, -0.2) is 112 Å². The van der Waals surface area contributed by atoms with Crippen LogP contribution >= 0.6 is 0 Å². The number of rotatable bonds is 14. The standard InChI is InChI=1S/C44H57NO12/c1-27(46)45-33-36-35(54-42(4,5)55-36)31(25-50-44(28-19-13-10-14-20-28,29-21-15-11-16-22-29)30-23-17-12-18-24-30)51-39(33)52-34(32-26-49-41(2,3)53-32)37-38(40(47-8)48-9)57-43(6,7)56-37/h10-24,31-40H,25-26H2,1-9H3,(H,45,46)/t31-,32-,33-,34-,35+,36-,37+,38-,39+/m1/s1. The number of hydrogen-bond acceptors (Lipinski definition) is 12. The van der Waals surface area contributed by atoms with E-state index < -0.39 is 84.3 Å². The Morgan fingerprint density at radius 3 is 1.72 bits per heavy atom. The zero-order valence-electron chi connectivity index (χ0n) is 34.2. The van der Waals surface area contributed by atoms with Crippen molar-refractivity contribution in [3.05, 3.63) is 108 Å². The van der Waals surface area contributed by atoms with Crippen molar-refractivity contribution >= 4 is 5.91 Å². The predicted octanol–water partition coefficient (Wildman–Crippen LogP) is 5.42. The number of methoxy groups -OCH3 is 2. The highest BCUT2D eigenvalue weighted by atomic mass is 16.8. The van der Waals surface area contributed by atoms with E-state index >= 15 is 0 Å². The van der Waals surface area contributed by atoms with Crippen LogP contribution in [0.15, 0.2) is 91.0 Å². The average molecular weight is 792 g/mol. The molecule has 3 aromatic carbocycles. The van der Waals surface area contributed by atoms with Gasteiger partial charge in [-0.1, -0.05) is 91.0 Å². The molecule has 4 heterocycles. The fourth-order valence-corrected chi connectivity index (χ4v) is 8.54. The molecule has 3 aromatic rings. The van der Waals surface area contributed by atoms with Crippen LogP contribution in [0.4, 0.5) is 0 Å². The van der Waals surface area contributed by atoms with Gasteiger partial charge in [0, 0.05) is 21.1 Å². The molecule has 4 aliphatic heterocycles. The van der Waals surface area contributed by atoms with Crippen molar-refractivity contribution in [1.29, 1.82) is 0 Å². The second-order valence-corrected chi connectivity index (χ2v) is 16.3. The summed E-state index contributed by atoms with van der Waals surface area (Å²) in [5.74, 6) is -3.26. The number of fused-ring (bicyclic) bond motifs is 1. The maximum Gasteiger partial charge on any atom is 0.217 e. The lowest BCUT2D eigenvalue weighted by Gasteiger charge is -2.45. The first kappa shape index (κ1) is 41.8. The van der Waals surface area contributed by atoms with Crippen LogP contribution in [0.3, 0.4) is 0 Å². The highest BCUT2D eigenvalue weighted by molar-refractivity contribution is 5.73. The molecule has 0 spiro atoms. The summed E-state index contributed by atoms with van der Waals surface area (Å²) in [7, 11) is 3.07. The van der Waals surface area contributed by atoms with E-state index in [0.29, 0.717) is 0 Å². The van der Waals surface area contributed by atoms with E-state index in [4.69, 9.17) is 52.1 Å². The summed E-state index contributed by atoms with van der Waals surface area (Å²) in [6, 6.07) is 29.5. The van der Waals surface area contributed by atoms with Gasteiger partial charge in [-0.3, -0.25) is 4.79 Å². The number of ether oxygens (including phenoxy) is 11. The molecule has 1 N–H and O–H groups in total. The lowest BCUT2D eigenvalue weighted by Crippen LogP contribution is -2.65. The van der Waals surface area contributed by atoms with Gasteiger partial charge in [0.05, 0.1) is 13.2 Å². The van der Waals surface area contributed by atoms with Gasteiger partial charge in [0.2, 0.25) is 5.91 Å². The van der Waals surface area contributed by atoms with Gasteiger partial charge in [0.1, 0.15) is 54.4 Å². The highest BCUT2D eigenvalue weighted by Gasteiger charge is 2.60. The van der Waals surface area contributed by atoms with Crippen LogP contribution in [0.25, 0.3) is 0 Å². The quantitative estimate of drug-likeness (QED) is 0.165. The van der Waals surface area contributed by atoms with Crippen LogP contribution in [0.1, 0.15) is 65.2 Å². The molecule has 13 nitrogen and oxygen atoms in total. The van der Waals surface area contributed by atoms with Crippen LogP contribution in [0.5, 0.6) is 0 Å². The number of nitrogens with one attached hydrogen (secondary N) is 1. The van der Waals surface area contributed by atoms with Crippen molar-refractivity contribution in [3.63, 3.8) is 0 Å². The second-order valence-electron chi connectivity index (χ2n) is 16.3. The smallest absolute Gasteiger partial charge is 0.217 e. The number of carbonyl (C=O) groups is 1. The molecule has 13 heteroatoms. The first-order valence-electron chi connectivity index (χ1n) is 19.6. The molecule has 0 aromatic heterocycles. The Morgan fingerprint density at radius 2 is 1.23 bits per heavy atom. The highest BCUT2D eigenvalue weighted by Crippen LogP contribution is 2.45. The van der Waals surface area contributed by atoms with Gasteiger partial charge in [-0.05, 0) is 58.2 Å². The summed E-state index contributed by atoms with van der Waals surface area (Å²) in [6.45, 7) is 12.7. The third kappa shape index (κ3) is 8.85.